The lowest BCUT2D eigenvalue weighted by Gasteiger charge is -2.36. The molecule has 1 fully saturated rings. The Balaban J connectivity index is 2.35. The minimum absolute atomic E-state index is 0.242. The van der Waals surface area contributed by atoms with Gasteiger partial charge in [0.25, 0.3) is 0 Å². The summed E-state index contributed by atoms with van der Waals surface area (Å²) in [5, 5.41) is 9.40. The molecule has 0 saturated heterocycles. The van der Waals surface area contributed by atoms with Crippen LogP contribution >= 0.6 is 0 Å². The normalized spacial score (nSPS) is 29.4. The van der Waals surface area contributed by atoms with Gasteiger partial charge in [0, 0.05) is 12.6 Å². The molecule has 1 rings (SSSR count). The molecule has 1 unspecified atom stereocenters. The van der Waals surface area contributed by atoms with Crippen LogP contribution < -0.4 is 5.90 Å². The van der Waals surface area contributed by atoms with E-state index in [1.807, 2.05) is 6.92 Å². The molecule has 0 spiro atoms. The van der Waals surface area contributed by atoms with Gasteiger partial charge in [-0.1, -0.05) is 6.92 Å². The molecular weight excluding hydrogens is 192 g/mol. The van der Waals surface area contributed by atoms with Crippen LogP contribution in [0.25, 0.3) is 0 Å². The molecule has 0 bridgehead atoms. The largest absolute Gasteiger partial charge is 0.392 e. The van der Waals surface area contributed by atoms with E-state index in [1.54, 1.807) is 0 Å². The fourth-order valence-corrected chi connectivity index (χ4v) is 2.42. The molecule has 0 heterocycles. The number of nitrogens with two attached hydrogens (primary N) is 1. The zero-order chi connectivity index (χ0) is 11.3. The van der Waals surface area contributed by atoms with Crippen molar-refractivity contribution in [3.05, 3.63) is 0 Å². The summed E-state index contributed by atoms with van der Waals surface area (Å²) < 4.78 is 0. The van der Waals surface area contributed by atoms with Crippen molar-refractivity contribution in [1.29, 1.82) is 0 Å². The van der Waals surface area contributed by atoms with Gasteiger partial charge in [-0.3, -0.25) is 4.90 Å². The van der Waals surface area contributed by atoms with E-state index in [4.69, 9.17) is 10.7 Å². The molecule has 4 heteroatoms. The van der Waals surface area contributed by atoms with Crippen LogP contribution in [0.4, 0.5) is 0 Å². The molecule has 0 aromatic heterocycles. The van der Waals surface area contributed by atoms with Gasteiger partial charge >= 0.3 is 0 Å². The molecule has 0 amide bonds. The summed E-state index contributed by atoms with van der Waals surface area (Å²) in [6, 6.07) is 0.594. The Morgan fingerprint density at radius 1 is 1.40 bits per heavy atom. The topological polar surface area (TPSA) is 58.7 Å². The maximum atomic E-state index is 9.40. The highest BCUT2D eigenvalue weighted by molar-refractivity contribution is 4.80. The van der Waals surface area contributed by atoms with E-state index in [-0.39, 0.29) is 12.2 Å². The third kappa shape index (κ3) is 4.07. The van der Waals surface area contributed by atoms with Crippen LogP contribution in [0.1, 0.15) is 39.5 Å². The van der Waals surface area contributed by atoms with Gasteiger partial charge in [-0.05, 0) is 39.2 Å². The SMILES string of the molecule is CCN(CC(C)O)C1CCC(ON)CC1. The molecule has 1 atom stereocenters. The van der Waals surface area contributed by atoms with Crippen molar-refractivity contribution in [3.63, 3.8) is 0 Å². The predicted octanol–water partition coefficient (Wildman–Crippen LogP) is 0.891. The Kier molecular flexibility index (Phi) is 5.53. The van der Waals surface area contributed by atoms with Crippen LogP contribution in [0.5, 0.6) is 0 Å². The summed E-state index contributed by atoms with van der Waals surface area (Å²) >= 11 is 0. The molecule has 0 radical (unpaired) electrons. The Morgan fingerprint density at radius 2 is 2.00 bits per heavy atom. The van der Waals surface area contributed by atoms with Crippen LogP contribution in [-0.4, -0.2) is 41.3 Å². The van der Waals surface area contributed by atoms with Gasteiger partial charge in [0.1, 0.15) is 0 Å². The maximum absolute atomic E-state index is 9.40. The first kappa shape index (κ1) is 12.9. The molecule has 1 aliphatic rings. The minimum Gasteiger partial charge on any atom is -0.392 e. The smallest absolute Gasteiger partial charge is 0.0788 e. The lowest BCUT2D eigenvalue weighted by molar-refractivity contribution is 0.000817. The lowest BCUT2D eigenvalue weighted by atomic mass is 9.92. The number of likely N-dealkylation sites (N-methyl/N-ethyl adjacent to an activating group) is 1. The van der Waals surface area contributed by atoms with Gasteiger partial charge in [0.05, 0.1) is 12.2 Å². The average molecular weight is 216 g/mol. The predicted molar refractivity (Wildman–Crippen MR) is 60.2 cm³/mol. The van der Waals surface area contributed by atoms with Gasteiger partial charge < -0.3 is 9.94 Å². The minimum atomic E-state index is -0.242. The standard InChI is InChI=1S/C11H24N2O2/c1-3-13(8-9(2)14)10-4-6-11(15-12)7-5-10/h9-11,14H,3-8,12H2,1-2H3. The summed E-state index contributed by atoms with van der Waals surface area (Å²) in [7, 11) is 0. The first-order valence-electron chi connectivity index (χ1n) is 5.95. The van der Waals surface area contributed by atoms with Crippen LogP contribution in [0.2, 0.25) is 0 Å². The molecule has 0 aromatic carbocycles. The van der Waals surface area contributed by atoms with Crippen molar-refractivity contribution in [2.45, 2.75) is 57.8 Å². The van der Waals surface area contributed by atoms with E-state index >= 15 is 0 Å². The highest BCUT2D eigenvalue weighted by Gasteiger charge is 2.25. The van der Waals surface area contributed by atoms with Gasteiger partial charge in [-0.15, -0.1) is 0 Å². The van der Waals surface area contributed by atoms with E-state index in [9.17, 15) is 5.11 Å². The van der Waals surface area contributed by atoms with Gasteiger partial charge in [-0.2, -0.15) is 0 Å². The fraction of sp³-hybridized carbons (Fsp3) is 1.00. The summed E-state index contributed by atoms with van der Waals surface area (Å²) in [6.45, 7) is 5.77. The third-order valence-corrected chi connectivity index (χ3v) is 3.26. The molecule has 1 saturated carbocycles. The van der Waals surface area contributed by atoms with Crippen molar-refractivity contribution < 1.29 is 9.94 Å². The lowest BCUT2D eigenvalue weighted by Crippen LogP contribution is -2.43. The van der Waals surface area contributed by atoms with Crippen molar-refractivity contribution in [1.82, 2.24) is 4.90 Å². The van der Waals surface area contributed by atoms with Gasteiger partial charge in [0.15, 0.2) is 0 Å². The van der Waals surface area contributed by atoms with Gasteiger partial charge in [-0.25, -0.2) is 5.90 Å². The van der Waals surface area contributed by atoms with E-state index in [1.165, 1.54) is 0 Å². The van der Waals surface area contributed by atoms with E-state index in [0.717, 1.165) is 38.8 Å². The molecule has 90 valence electrons. The maximum Gasteiger partial charge on any atom is 0.0788 e. The highest BCUT2D eigenvalue weighted by atomic mass is 16.6. The van der Waals surface area contributed by atoms with Crippen molar-refractivity contribution >= 4 is 0 Å². The number of aliphatic hydroxyl groups excluding tert-OH is 1. The first-order chi connectivity index (χ1) is 7.17. The zero-order valence-corrected chi connectivity index (χ0v) is 9.85. The first-order valence-corrected chi connectivity index (χ1v) is 5.95. The highest BCUT2D eigenvalue weighted by Crippen LogP contribution is 2.24. The van der Waals surface area contributed by atoms with Gasteiger partial charge in [0.2, 0.25) is 0 Å². The number of hydrogen-bond donors (Lipinski definition) is 2. The Bertz CT molecular complexity index is 168. The van der Waals surface area contributed by atoms with Crippen LogP contribution in [0.15, 0.2) is 0 Å². The van der Waals surface area contributed by atoms with Crippen molar-refractivity contribution in [2.75, 3.05) is 13.1 Å². The number of aliphatic hydroxyl groups is 1. The molecular formula is C11H24N2O2. The second-order valence-electron chi connectivity index (χ2n) is 4.50. The monoisotopic (exact) mass is 216 g/mol. The number of nitrogens with zero attached hydrogens (tertiary/aromatic N) is 1. The Hall–Kier alpha value is -0.160. The van der Waals surface area contributed by atoms with Crippen molar-refractivity contribution in [2.24, 2.45) is 5.90 Å². The molecule has 4 nitrogen and oxygen atoms in total. The third-order valence-electron chi connectivity index (χ3n) is 3.26. The molecule has 1 aliphatic carbocycles. The zero-order valence-electron chi connectivity index (χ0n) is 9.85. The molecule has 0 aliphatic heterocycles. The van der Waals surface area contributed by atoms with E-state index in [0.29, 0.717) is 6.04 Å². The average Bonchev–Trinajstić information content (AvgIpc) is 2.26. The summed E-state index contributed by atoms with van der Waals surface area (Å²) in [4.78, 5) is 7.22. The van der Waals surface area contributed by atoms with E-state index < -0.39 is 0 Å². The quantitative estimate of drug-likeness (QED) is 0.670. The second-order valence-corrected chi connectivity index (χ2v) is 4.50. The van der Waals surface area contributed by atoms with Crippen LogP contribution in [0, 0.1) is 0 Å². The number of hydrogen-bond acceptors (Lipinski definition) is 4. The molecule has 15 heavy (non-hydrogen) atoms. The summed E-state index contributed by atoms with van der Waals surface area (Å²) in [5.41, 5.74) is 0. The Morgan fingerprint density at radius 3 is 2.40 bits per heavy atom. The second kappa shape index (κ2) is 6.43. The summed E-state index contributed by atoms with van der Waals surface area (Å²) in [5.74, 6) is 5.18. The summed E-state index contributed by atoms with van der Waals surface area (Å²) in [6.07, 6.45) is 4.33. The fourth-order valence-electron chi connectivity index (χ4n) is 2.42. The molecule has 0 aromatic rings. The van der Waals surface area contributed by atoms with Crippen LogP contribution in [-0.2, 0) is 4.84 Å². The van der Waals surface area contributed by atoms with Crippen LogP contribution in [0.3, 0.4) is 0 Å². The number of rotatable bonds is 5. The molecule has 3 N–H and O–H groups in total. The Labute approximate surface area is 92.3 Å². The van der Waals surface area contributed by atoms with E-state index in [2.05, 4.69) is 11.8 Å². The van der Waals surface area contributed by atoms with Crippen molar-refractivity contribution in [3.8, 4) is 0 Å².